The summed E-state index contributed by atoms with van der Waals surface area (Å²) in [4.78, 5) is 61.0. The van der Waals surface area contributed by atoms with Crippen LogP contribution in [0.4, 0.5) is 28.4 Å². The number of nitrogens with zero attached hydrogens (tertiary/aromatic N) is 5. The standard InChI is InChI=1S/C36H43Br2F3N6O6/c37-27-19-23(20-28(38)32(27)49)21-30(33(50)45-10-6-25(7-11-45)44-17-15-43(16-18-44)22-31(48)36(39,40)41)53-35(52)46-12-8-26(9-13-46)47-14-5-24-3-1-2-4-29(24)42-34(47)51/h1-4,19-20,25-26,30,49H,5-18,21-22H2,(H,42,51)/t30-/m1/s1. The minimum Gasteiger partial charge on any atom is -0.506 e. The number of alkyl halides is 3. The quantitative estimate of drug-likeness (QED) is 0.369. The number of ketones is 1. The van der Waals surface area contributed by atoms with E-state index in [1.165, 1.54) is 4.90 Å². The van der Waals surface area contributed by atoms with Crippen molar-refractivity contribution in [3.8, 4) is 5.75 Å². The van der Waals surface area contributed by atoms with Gasteiger partial charge < -0.3 is 29.9 Å². The zero-order chi connectivity index (χ0) is 37.9. The van der Waals surface area contributed by atoms with Crippen LogP contribution in [0.1, 0.15) is 36.8 Å². The van der Waals surface area contributed by atoms with Gasteiger partial charge in [0.15, 0.2) is 6.10 Å². The molecule has 53 heavy (non-hydrogen) atoms. The van der Waals surface area contributed by atoms with Gasteiger partial charge in [-0.25, -0.2) is 9.59 Å². The number of amides is 4. The summed E-state index contributed by atoms with van der Waals surface area (Å²) in [6.45, 7) is 3.26. The largest absolute Gasteiger partial charge is 0.506 e. The zero-order valence-corrected chi connectivity index (χ0v) is 32.3. The second-order valence-electron chi connectivity index (χ2n) is 14.0. The maximum Gasteiger partial charge on any atom is 0.451 e. The summed E-state index contributed by atoms with van der Waals surface area (Å²) in [5.41, 5.74) is 2.56. The van der Waals surface area contributed by atoms with Crippen molar-refractivity contribution in [2.45, 2.75) is 62.9 Å². The molecule has 2 N–H and O–H groups in total. The number of para-hydroxylation sites is 1. The lowest BCUT2D eigenvalue weighted by atomic mass is 10.00. The molecule has 6 rings (SSSR count). The fourth-order valence-corrected chi connectivity index (χ4v) is 8.94. The number of hydrogen-bond acceptors (Lipinski definition) is 8. The second-order valence-corrected chi connectivity index (χ2v) is 15.7. The number of anilines is 1. The third-order valence-corrected chi connectivity index (χ3v) is 11.9. The lowest BCUT2D eigenvalue weighted by Gasteiger charge is -2.43. The summed E-state index contributed by atoms with van der Waals surface area (Å²) < 4.78 is 45.0. The van der Waals surface area contributed by atoms with Gasteiger partial charge in [0.05, 0.1) is 15.5 Å². The number of hydrogen-bond donors (Lipinski definition) is 2. The van der Waals surface area contributed by atoms with Crippen molar-refractivity contribution in [1.29, 1.82) is 0 Å². The number of aromatic hydroxyl groups is 1. The average Bonchev–Trinajstić information content (AvgIpc) is 3.31. The average molecular weight is 873 g/mol. The summed E-state index contributed by atoms with van der Waals surface area (Å²) >= 11 is 6.68. The molecule has 0 radical (unpaired) electrons. The number of phenols is 1. The molecule has 4 aliphatic rings. The Balaban J connectivity index is 1.05. The van der Waals surface area contributed by atoms with E-state index in [1.54, 1.807) is 21.9 Å². The summed E-state index contributed by atoms with van der Waals surface area (Å²) in [6.07, 6.45) is -3.36. The van der Waals surface area contributed by atoms with Crippen LogP contribution in [0.2, 0.25) is 0 Å². The number of likely N-dealkylation sites (tertiary alicyclic amines) is 2. The van der Waals surface area contributed by atoms with Gasteiger partial charge in [-0.05, 0) is 93.3 Å². The summed E-state index contributed by atoms with van der Waals surface area (Å²) in [6, 6.07) is 11.0. The van der Waals surface area contributed by atoms with Gasteiger partial charge in [0.2, 0.25) is 5.78 Å². The predicted octanol–water partition coefficient (Wildman–Crippen LogP) is 5.26. The number of nitrogens with one attached hydrogen (secondary N) is 1. The summed E-state index contributed by atoms with van der Waals surface area (Å²) in [5.74, 6) is -2.06. The number of phenolic OH excluding ortho intramolecular Hbond substituents is 1. The molecule has 288 valence electrons. The van der Waals surface area contributed by atoms with Crippen molar-refractivity contribution in [3.63, 3.8) is 0 Å². The van der Waals surface area contributed by atoms with Crippen LogP contribution < -0.4 is 5.32 Å². The molecule has 0 unspecified atom stereocenters. The lowest BCUT2D eigenvalue weighted by Crippen LogP contribution is -2.56. The normalized spacial score (nSPS) is 20.4. The number of carbonyl (C=O) groups is 4. The van der Waals surface area contributed by atoms with E-state index in [0.717, 1.165) is 17.7 Å². The third-order valence-electron chi connectivity index (χ3n) is 10.7. The number of Topliss-reactive ketones (excluding diaryl/α,β-unsaturated/α-hetero) is 1. The molecule has 2 aromatic rings. The van der Waals surface area contributed by atoms with Crippen LogP contribution in [0.15, 0.2) is 45.3 Å². The van der Waals surface area contributed by atoms with Crippen LogP contribution in [0.3, 0.4) is 0 Å². The first-order valence-electron chi connectivity index (χ1n) is 17.9. The highest BCUT2D eigenvalue weighted by molar-refractivity contribution is 9.11. The summed E-state index contributed by atoms with van der Waals surface area (Å²) in [7, 11) is 0. The monoisotopic (exact) mass is 870 g/mol. The van der Waals surface area contributed by atoms with Gasteiger partial charge in [-0.15, -0.1) is 0 Å². The Bertz CT molecular complexity index is 1650. The van der Waals surface area contributed by atoms with Gasteiger partial charge in [0.1, 0.15) is 5.75 Å². The first-order chi connectivity index (χ1) is 25.3. The second kappa shape index (κ2) is 16.9. The Morgan fingerprint density at radius 2 is 1.47 bits per heavy atom. The first kappa shape index (κ1) is 39.3. The fraction of sp³-hybridized carbons (Fsp3) is 0.556. The van der Waals surface area contributed by atoms with Crippen LogP contribution in [-0.2, 0) is 27.2 Å². The number of piperazine rings is 1. The van der Waals surface area contributed by atoms with Crippen LogP contribution >= 0.6 is 31.9 Å². The molecule has 12 nitrogen and oxygen atoms in total. The topological polar surface area (TPSA) is 126 Å². The zero-order valence-electron chi connectivity index (χ0n) is 29.1. The van der Waals surface area contributed by atoms with Gasteiger partial charge in [-0.2, -0.15) is 13.2 Å². The van der Waals surface area contributed by atoms with E-state index in [4.69, 9.17) is 4.74 Å². The van der Waals surface area contributed by atoms with E-state index in [2.05, 4.69) is 42.1 Å². The van der Waals surface area contributed by atoms with Crippen molar-refractivity contribution in [2.75, 3.05) is 70.8 Å². The molecule has 3 fully saturated rings. The SMILES string of the molecule is O=C(O[C@H](Cc1cc(Br)c(O)c(Br)c1)C(=O)N1CCC(N2CCN(CC(=O)C(F)(F)F)CC2)CC1)N1CCC(N2CCc3ccccc3NC2=O)CC1. The van der Waals surface area contributed by atoms with Crippen molar-refractivity contribution >= 4 is 61.4 Å². The molecule has 2 aromatic carbocycles. The maximum atomic E-state index is 14.1. The molecule has 0 aromatic heterocycles. The predicted molar refractivity (Wildman–Crippen MR) is 197 cm³/mol. The molecule has 0 bridgehead atoms. The highest BCUT2D eigenvalue weighted by Crippen LogP contribution is 2.34. The van der Waals surface area contributed by atoms with Crippen LogP contribution in [0, 0.1) is 0 Å². The molecule has 4 heterocycles. The van der Waals surface area contributed by atoms with Crippen molar-refractivity contribution in [3.05, 3.63) is 56.5 Å². The molecule has 0 spiro atoms. The number of carbonyl (C=O) groups excluding carboxylic acids is 4. The molecular formula is C36H43Br2F3N6O6. The molecular weight excluding hydrogens is 829 g/mol. The number of fused-ring (bicyclic) bond motifs is 1. The minimum absolute atomic E-state index is 0.00770. The molecule has 4 amide bonds. The molecule has 0 aliphatic carbocycles. The summed E-state index contributed by atoms with van der Waals surface area (Å²) in [5, 5.41) is 13.3. The van der Waals surface area contributed by atoms with Crippen LogP contribution in [0.5, 0.6) is 5.75 Å². The van der Waals surface area contributed by atoms with E-state index in [1.807, 2.05) is 29.2 Å². The number of benzene rings is 2. The number of rotatable bonds is 8. The Labute approximate surface area is 322 Å². The van der Waals surface area contributed by atoms with E-state index < -0.39 is 30.7 Å². The van der Waals surface area contributed by atoms with E-state index in [-0.39, 0.29) is 36.2 Å². The highest BCUT2D eigenvalue weighted by Gasteiger charge is 2.40. The molecule has 17 heteroatoms. The number of piperidine rings is 2. The van der Waals surface area contributed by atoms with E-state index >= 15 is 0 Å². The third kappa shape index (κ3) is 9.64. The van der Waals surface area contributed by atoms with E-state index in [9.17, 15) is 37.5 Å². The van der Waals surface area contributed by atoms with Crippen LogP contribution in [0.25, 0.3) is 0 Å². The first-order valence-corrected chi connectivity index (χ1v) is 19.5. The minimum atomic E-state index is -4.84. The molecule has 4 aliphatic heterocycles. The Hall–Kier alpha value is -3.41. The van der Waals surface area contributed by atoms with Gasteiger partial charge >= 0.3 is 18.3 Å². The van der Waals surface area contributed by atoms with Crippen molar-refractivity contribution < 1.29 is 42.2 Å². The molecule has 0 saturated carbocycles. The number of urea groups is 1. The van der Waals surface area contributed by atoms with Crippen molar-refractivity contribution in [1.82, 2.24) is 24.5 Å². The Morgan fingerprint density at radius 3 is 2.11 bits per heavy atom. The van der Waals surface area contributed by atoms with Gasteiger partial charge in [-0.1, -0.05) is 18.2 Å². The number of ether oxygens (including phenoxy) is 1. The Kier molecular flexibility index (Phi) is 12.6. The Morgan fingerprint density at radius 1 is 0.868 bits per heavy atom. The fourth-order valence-electron chi connectivity index (χ4n) is 7.66. The highest BCUT2D eigenvalue weighted by atomic mass is 79.9. The number of halogens is 5. The van der Waals surface area contributed by atoms with Crippen LogP contribution in [-0.4, -0.2) is 143 Å². The smallest absolute Gasteiger partial charge is 0.451 e. The maximum absolute atomic E-state index is 14.1. The van der Waals surface area contributed by atoms with Gasteiger partial charge in [0, 0.05) is 83.1 Å². The van der Waals surface area contributed by atoms with Gasteiger partial charge in [-0.3, -0.25) is 19.4 Å². The molecule has 3 saturated heterocycles. The van der Waals surface area contributed by atoms with Gasteiger partial charge in [0.25, 0.3) is 5.91 Å². The van der Waals surface area contributed by atoms with Crippen molar-refractivity contribution in [2.24, 2.45) is 0 Å². The van der Waals surface area contributed by atoms with E-state index in [0.29, 0.717) is 99.1 Å². The molecule has 1 atom stereocenters. The lowest BCUT2D eigenvalue weighted by molar-refractivity contribution is -0.172.